The van der Waals surface area contributed by atoms with Gasteiger partial charge in [-0.2, -0.15) is 21.0 Å². The second kappa shape index (κ2) is 3.22. The summed E-state index contributed by atoms with van der Waals surface area (Å²) in [7, 11) is 0. The molecule has 0 heterocycles. The third-order valence-corrected chi connectivity index (χ3v) is 1.70. The van der Waals surface area contributed by atoms with E-state index in [1.807, 2.05) is 0 Å². The summed E-state index contributed by atoms with van der Waals surface area (Å²) >= 11 is 0. The van der Waals surface area contributed by atoms with Gasteiger partial charge in [-0.05, 0) is 0 Å². The summed E-state index contributed by atoms with van der Waals surface area (Å²) in [6.07, 6.45) is 0.110. The molecule has 0 spiro atoms. The van der Waals surface area contributed by atoms with Crippen molar-refractivity contribution in [1.29, 1.82) is 21.0 Å². The van der Waals surface area contributed by atoms with Crippen LogP contribution < -0.4 is 0 Å². The molecule has 0 amide bonds. The van der Waals surface area contributed by atoms with Gasteiger partial charge < -0.3 is 0 Å². The highest BCUT2D eigenvalue weighted by Crippen LogP contribution is 2.30. The van der Waals surface area contributed by atoms with Crippen LogP contribution in [0.5, 0.6) is 0 Å². The number of hydrogen-bond acceptors (Lipinski definition) is 4. The molecule has 0 aromatic rings. The molecule has 0 unspecified atom stereocenters. The molecule has 4 nitrogen and oxygen atoms in total. The summed E-state index contributed by atoms with van der Waals surface area (Å²) < 4.78 is 0. The molecular weight excluding hydrogens is 164 g/mol. The van der Waals surface area contributed by atoms with Crippen LogP contribution in [0.3, 0.4) is 0 Å². The van der Waals surface area contributed by atoms with Gasteiger partial charge in [-0.15, -0.1) is 0 Å². The Morgan fingerprint density at radius 2 is 1.08 bits per heavy atom. The van der Waals surface area contributed by atoms with Crippen LogP contribution in [-0.4, -0.2) is 0 Å². The first-order chi connectivity index (χ1) is 6.28. The lowest BCUT2D eigenvalue weighted by atomic mass is 10.1. The lowest BCUT2D eigenvalue weighted by molar-refractivity contribution is 1.24. The molecule has 58 valence electrons. The van der Waals surface area contributed by atoms with E-state index < -0.39 is 0 Å². The van der Waals surface area contributed by atoms with Crippen LogP contribution in [0, 0.1) is 45.3 Å². The van der Waals surface area contributed by atoms with Gasteiger partial charge in [0.15, 0.2) is 0 Å². The van der Waals surface area contributed by atoms with Crippen molar-refractivity contribution in [2.75, 3.05) is 0 Å². The predicted molar refractivity (Wildman–Crippen MR) is 41.1 cm³/mol. The van der Waals surface area contributed by atoms with Gasteiger partial charge >= 0.3 is 0 Å². The maximum absolute atomic E-state index is 8.63. The molecule has 0 N–H and O–H groups in total. The van der Waals surface area contributed by atoms with E-state index in [2.05, 4.69) is 0 Å². The summed E-state index contributed by atoms with van der Waals surface area (Å²) in [5, 5.41) is 34.4. The third kappa shape index (κ3) is 1.14. The minimum absolute atomic E-state index is 0.0431. The van der Waals surface area contributed by atoms with E-state index in [9.17, 15) is 0 Å². The predicted octanol–water partition coefficient (Wildman–Crippen LogP) is 1.08. The summed E-state index contributed by atoms with van der Waals surface area (Å²) in [5.74, 6) is 0. The van der Waals surface area contributed by atoms with E-state index in [0.717, 1.165) is 0 Å². The number of rotatable bonds is 0. The third-order valence-electron chi connectivity index (χ3n) is 1.70. The Labute approximate surface area is 74.8 Å². The fourth-order valence-electron chi connectivity index (χ4n) is 1.09. The zero-order valence-electron chi connectivity index (χ0n) is 6.50. The monoisotopic (exact) mass is 166 g/mol. The lowest BCUT2D eigenvalue weighted by Gasteiger charge is -1.86. The van der Waals surface area contributed by atoms with Gasteiger partial charge in [-0.3, -0.25) is 0 Å². The van der Waals surface area contributed by atoms with E-state index in [-0.39, 0.29) is 28.7 Å². The first-order valence-electron chi connectivity index (χ1n) is 3.35. The second-order valence-electron chi connectivity index (χ2n) is 2.33. The molecule has 0 aliphatic heterocycles. The maximum atomic E-state index is 8.63. The molecule has 0 aromatic heterocycles. The number of allylic oxidation sites excluding steroid dienone is 4. The fraction of sp³-hybridized carbons (Fsp3) is 0.111. The normalized spacial score (nSPS) is 14.5. The molecule has 1 aliphatic rings. The van der Waals surface area contributed by atoms with Crippen molar-refractivity contribution in [2.24, 2.45) is 0 Å². The van der Waals surface area contributed by atoms with Gasteiger partial charge in [0.25, 0.3) is 0 Å². The Morgan fingerprint density at radius 1 is 0.692 bits per heavy atom. The fourth-order valence-corrected chi connectivity index (χ4v) is 1.09. The standard InChI is InChI=1S/C9H2N4/c10-2-6-1-7(3-11)9(5-13)8(6)4-12/h1H2. The molecular formula is C9H2N4. The molecule has 0 aromatic carbocycles. The zero-order chi connectivity index (χ0) is 9.84. The average molecular weight is 166 g/mol. The Kier molecular flexibility index (Phi) is 2.12. The molecule has 1 rings (SSSR count). The molecule has 0 radical (unpaired) electrons. The van der Waals surface area contributed by atoms with Gasteiger partial charge in [0.05, 0.1) is 34.4 Å². The van der Waals surface area contributed by atoms with Crippen LogP contribution in [0.4, 0.5) is 0 Å². The topological polar surface area (TPSA) is 95.2 Å². The Balaban J connectivity index is 3.36. The first kappa shape index (κ1) is 8.54. The minimum atomic E-state index is 0.0431. The Bertz CT molecular complexity index is 434. The SMILES string of the molecule is N#CC1=C(C#N)C(C#N)=C(C#N)C1. The van der Waals surface area contributed by atoms with E-state index in [0.29, 0.717) is 0 Å². The van der Waals surface area contributed by atoms with Gasteiger partial charge in [0.2, 0.25) is 0 Å². The van der Waals surface area contributed by atoms with Crippen molar-refractivity contribution < 1.29 is 0 Å². The Morgan fingerprint density at radius 3 is 1.31 bits per heavy atom. The molecule has 0 fully saturated rings. The summed E-state index contributed by atoms with van der Waals surface area (Å²) in [4.78, 5) is 0. The van der Waals surface area contributed by atoms with Crippen molar-refractivity contribution in [1.82, 2.24) is 0 Å². The van der Waals surface area contributed by atoms with Gasteiger partial charge in [0.1, 0.15) is 12.1 Å². The summed E-state index contributed by atoms with van der Waals surface area (Å²) in [5.41, 5.74) is 0.495. The highest BCUT2D eigenvalue weighted by Gasteiger charge is 2.24. The summed E-state index contributed by atoms with van der Waals surface area (Å²) in [6, 6.07) is 7.13. The number of nitrogens with zero attached hydrogens (tertiary/aromatic N) is 4. The lowest BCUT2D eigenvalue weighted by Crippen LogP contribution is -1.82. The van der Waals surface area contributed by atoms with Crippen molar-refractivity contribution in [3.05, 3.63) is 22.3 Å². The highest BCUT2D eigenvalue weighted by molar-refractivity contribution is 5.66. The summed E-state index contributed by atoms with van der Waals surface area (Å²) in [6.45, 7) is 0. The molecule has 0 saturated heterocycles. The smallest absolute Gasteiger partial charge is 0.102 e. The molecule has 0 bridgehead atoms. The number of hydrogen-bond donors (Lipinski definition) is 0. The van der Waals surface area contributed by atoms with Crippen LogP contribution in [0.2, 0.25) is 0 Å². The van der Waals surface area contributed by atoms with E-state index in [4.69, 9.17) is 21.0 Å². The van der Waals surface area contributed by atoms with Crippen molar-refractivity contribution in [3.8, 4) is 24.3 Å². The quantitative estimate of drug-likeness (QED) is 0.537. The Hall–Kier alpha value is -2.56. The van der Waals surface area contributed by atoms with Gasteiger partial charge in [0, 0.05) is 6.42 Å². The molecule has 0 saturated carbocycles. The molecule has 4 heteroatoms. The molecule has 1 aliphatic carbocycles. The van der Waals surface area contributed by atoms with Crippen LogP contribution in [-0.2, 0) is 0 Å². The van der Waals surface area contributed by atoms with Crippen LogP contribution in [0.15, 0.2) is 22.3 Å². The maximum Gasteiger partial charge on any atom is 0.102 e. The van der Waals surface area contributed by atoms with Gasteiger partial charge in [-0.25, -0.2) is 0 Å². The van der Waals surface area contributed by atoms with Crippen LogP contribution in [0.1, 0.15) is 6.42 Å². The van der Waals surface area contributed by atoms with Gasteiger partial charge in [-0.1, -0.05) is 0 Å². The van der Waals surface area contributed by atoms with Crippen molar-refractivity contribution in [2.45, 2.75) is 6.42 Å². The van der Waals surface area contributed by atoms with Crippen molar-refractivity contribution in [3.63, 3.8) is 0 Å². The van der Waals surface area contributed by atoms with Crippen LogP contribution >= 0.6 is 0 Å². The van der Waals surface area contributed by atoms with E-state index in [1.165, 1.54) is 0 Å². The number of nitriles is 4. The van der Waals surface area contributed by atoms with Crippen molar-refractivity contribution >= 4 is 0 Å². The minimum Gasteiger partial charge on any atom is -0.193 e. The molecule has 0 atom stereocenters. The zero-order valence-corrected chi connectivity index (χ0v) is 6.50. The van der Waals surface area contributed by atoms with Crippen LogP contribution in [0.25, 0.3) is 0 Å². The highest BCUT2D eigenvalue weighted by atomic mass is 14.4. The average Bonchev–Trinajstić information content (AvgIpc) is 2.54. The van der Waals surface area contributed by atoms with E-state index in [1.54, 1.807) is 24.3 Å². The van der Waals surface area contributed by atoms with E-state index >= 15 is 0 Å². The molecule has 13 heavy (non-hydrogen) atoms. The second-order valence-corrected chi connectivity index (χ2v) is 2.33. The first-order valence-corrected chi connectivity index (χ1v) is 3.35. The largest absolute Gasteiger partial charge is 0.193 e.